The van der Waals surface area contributed by atoms with E-state index >= 15 is 0 Å². The molecule has 9 heavy (non-hydrogen) atoms. The first kappa shape index (κ1) is 16.4. The molecule has 0 aliphatic rings. The van der Waals surface area contributed by atoms with Crippen LogP contribution in [0.3, 0.4) is 0 Å². The third kappa shape index (κ3) is 6.71. The Morgan fingerprint density at radius 3 is 1.89 bits per heavy atom. The van der Waals surface area contributed by atoms with E-state index in [9.17, 15) is 0 Å². The maximum absolute atomic E-state index is 3.54. The van der Waals surface area contributed by atoms with Crippen LogP contribution in [0.5, 0.6) is 0 Å². The van der Waals surface area contributed by atoms with Crippen molar-refractivity contribution in [3.63, 3.8) is 0 Å². The molecule has 1 aromatic heterocycles. The van der Waals surface area contributed by atoms with Crippen LogP contribution < -0.4 is 40.8 Å². The summed E-state index contributed by atoms with van der Waals surface area (Å²) in [4.78, 5) is 0. The Labute approximate surface area is 85.6 Å². The van der Waals surface area contributed by atoms with Gasteiger partial charge < -0.3 is 37.2 Å². The predicted octanol–water partition coefficient (Wildman–Crippen LogP) is -10.6. The third-order valence-corrected chi connectivity index (χ3v) is 0.866. The van der Waals surface area contributed by atoms with Gasteiger partial charge in [0, 0.05) is 0 Å². The van der Waals surface area contributed by atoms with Gasteiger partial charge in [0.15, 0.2) is 0 Å². The van der Waals surface area contributed by atoms with Crippen LogP contribution >= 0.6 is 0 Å². The molecule has 1 aromatic rings. The van der Waals surface area contributed by atoms with Crippen molar-refractivity contribution in [2.24, 2.45) is 0 Å². The second kappa shape index (κ2) is 8.82. The van der Waals surface area contributed by atoms with Gasteiger partial charge in [-0.3, -0.25) is 0 Å². The fraction of sp³-hybridized carbons (Fsp3) is 0. The minimum absolute atomic E-state index is 0. The Bertz CT molecular complexity index is 119. The molecule has 0 fully saturated rings. The quantitative estimate of drug-likeness (QED) is 0.507. The molecule has 0 spiro atoms. The predicted molar refractivity (Wildman–Crippen MR) is 13.8 cm³/mol. The van der Waals surface area contributed by atoms with Gasteiger partial charge in [0.2, 0.25) is 0 Å². The number of aromatic amines is 1. The Morgan fingerprint density at radius 1 is 1.22 bits per heavy atom. The van der Waals surface area contributed by atoms with Gasteiger partial charge in [-0.05, 0) is 0 Å². The Hall–Kier alpha value is 0.823. The van der Waals surface area contributed by atoms with Gasteiger partial charge in [-0.2, -0.15) is 0 Å². The summed E-state index contributed by atoms with van der Waals surface area (Å²) in [7, 11) is 0. The van der Waals surface area contributed by atoms with Crippen LogP contribution in [0.2, 0.25) is 0 Å². The number of rotatable bonds is 0. The van der Waals surface area contributed by atoms with Crippen LogP contribution in [-0.2, 0) is 24.7 Å². The Balaban J connectivity index is -0.000000120. The van der Waals surface area contributed by atoms with Gasteiger partial charge in [0.05, 0.1) is 0 Å². The van der Waals surface area contributed by atoms with Crippen molar-refractivity contribution >= 4 is 3.53 Å². The molecule has 4 nitrogen and oxygen atoms in total. The fourth-order valence-corrected chi connectivity index (χ4v) is 0.392. The van der Waals surface area contributed by atoms with Crippen molar-refractivity contribution in [3.8, 4) is 0 Å². The van der Waals surface area contributed by atoms with Crippen molar-refractivity contribution in [2.45, 2.75) is 0 Å². The van der Waals surface area contributed by atoms with Crippen LogP contribution in [0, 0.1) is 0 Å². The number of halogens is 3. The van der Waals surface area contributed by atoms with Crippen LogP contribution in [0.1, 0.15) is 0 Å². The minimum atomic E-state index is 0. The number of aromatic nitrogens is 4. The Morgan fingerprint density at radius 2 is 1.78 bits per heavy atom. The first-order valence-electron chi connectivity index (χ1n) is 1.35. The molecule has 0 aromatic carbocycles. The number of nitrogens with one attached hydrogen (secondary N) is 1. The van der Waals surface area contributed by atoms with E-state index in [0.29, 0.717) is 0 Å². The summed E-state index contributed by atoms with van der Waals surface area (Å²) in [5, 5.41) is 12.8. The van der Waals surface area contributed by atoms with Crippen molar-refractivity contribution in [3.05, 3.63) is 0 Å². The zero-order chi connectivity index (χ0) is 4.41. The fourth-order valence-electron chi connectivity index (χ4n) is 0.159. The molecule has 0 unspecified atom stereocenters. The molecule has 0 atom stereocenters. The van der Waals surface area contributed by atoms with Gasteiger partial charge in [-0.1, -0.05) is 0 Å². The van der Waals surface area contributed by atoms with Crippen LogP contribution in [0.15, 0.2) is 0 Å². The van der Waals surface area contributed by atoms with Gasteiger partial charge in [0.25, 0.3) is 0 Å². The molecule has 0 saturated carbocycles. The summed E-state index contributed by atoms with van der Waals surface area (Å²) in [5.41, 5.74) is 0. The van der Waals surface area contributed by atoms with Gasteiger partial charge in [-0.15, -0.1) is 0 Å². The van der Waals surface area contributed by atoms with Crippen molar-refractivity contribution in [2.75, 3.05) is 0 Å². The molecule has 0 aliphatic carbocycles. The standard InChI is InChI=1S/CHN4.3ClH.Zr/c1-2-4-5-3-1;;;;/h(H,2,3,4,5);3*1H;/q;;;;+3/p-3. The van der Waals surface area contributed by atoms with E-state index in [1.807, 2.05) is 0 Å². The molecule has 0 aliphatic heterocycles. The van der Waals surface area contributed by atoms with E-state index in [2.05, 4.69) is 20.6 Å². The maximum atomic E-state index is 3.54. The summed E-state index contributed by atoms with van der Waals surface area (Å²) in [6.07, 6.45) is 0. The molecule has 0 amide bonds. The molecule has 8 heteroatoms. The van der Waals surface area contributed by atoms with Crippen molar-refractivity contribution in [1.29, 1.82) is 0 Å². The monoisotopic (exact) mass is 264 g/mol. The molecule has 1 rings (SSSR count). The van der Waals surface area contributed by atoms with Crippen LogP contribution in [0.25, 0.3) is 0 Å². The number of H-pyrrole nitrogens is 1. The van der Waals surface area contributed by atoms with Crippen LogP contribution in [0.4, 0.5) is 0 Å². The zero-order valence-corrected chi connectivity index (χ0v) is 8.70. The second-order valence-electron chi connectivity index (χ2n) is 0.750. The molecule has 1 heterocycles. The van der Waals surface area contributed by atoms with E-state index < -0.39 is 0 Å². The topological polar surface area (TPSA) is 54.5 Å². The number of nitrogens with zero attached hydrogens (tertiary/aromatic N) is 3. The Kier molecular flexibility index (Phi) is 16.1. The molecular weight excluding hydrogens is 266 g/mol. The first-order chi connectivity index (χ1) is 2.89. The van der Waals surface area contributed by atoms with Gasteiger partial charge in [0.1, 0.15) is 0 Å². The average molecular weight is 267 g/mol. The normalized spacial score (nSPS) is 6.00. The third-order valence-electron chi connectivity index (χ3n) is 0.345. The molecule has 1 N–H and O–H groups in total. The molecular formula is CHCl3N4Zr. The zero-order valence-electron chi connectivity index (χ0n) is 3.98. The summed E-state index contributed by atoms with van der Waals surface area (Å²) < 4.78 is 0.835. The molecule has 0 saturated heterocycles. The average Bonchev–Trinajstić information content (AvgIpc) is 1.86. The van der Waals surface area contributed by atoms with E-state index in [0.717, 1.165) is 3.53 Å². The molecule has 0 radical (unpaired) electrons. The SMILES string of the molecule is [Cl-].[Cl-].[Cl-].[Zr+3][c]1nnn[nH]1. The van der Waals surface area contributed by atoms with Gasteiger partial charge >= 0.3 is 48.9 Å². The van der Waals surface area contributed by atoms with E-state index in [1.54, 1.807) is 0 Å². The second-order valence-corrected chi connectivity index (χ2v) is 1.91. The summed E-state index contributed by atoms with van der Waals surface area (Å²) in [6.45, 7) is 0. The first-order valence-corrected chi connectivity index (χ1v) is 2.58. The van der Waals surface area contributed by atoms with Crippen molar-refractivity contribution in [1.82, 2.24) is 20.6 Å². The van der Waals surface area contributed by atoms with E-state index in [1.165, 1.54) is 24.7 Å². The summed E-state index contributed by atoms with van der Waals surface area (Å²) in [5.74, 6) is 0. The van der Waals surface area contributed by atoms with E-state index in [4.69, 9.17) is 0 Å². The number of hydrogen-bond donors (Lipinski definition) is 1. The molecule has 0 bridgehead atoms. The summed E-state index contributed by atoms with van der Waals surface area (Å²) in [6, 6.07) is 0. The van der Waals surface area contributed by atoms with Crippen molar-refractivity contribution < 1.29 is 61.9 Å². The summed E-state index contributed by atoms with van der Waals surface area (Å²) >= 11 is 1.22. The molecule has 50 valence electrons. The van der Waals surface area contributed by atoms with Gasteiger partial charge in [-0.25, -0.2) is 0 Å². The van der Waals surface area contributed by atoms with E-state index in [-0.39, 0.29) is 37.2 Å². The number of tetrazole rings is 1. The van der Waals surface area contributed by atoms with Crippen LogP contribution in [-0.4, -0.2) is 20.6 Å². The number of hydrogen-bond acceptors (Lipinski definition) is 3.